The summed E-state index contributed by atoms with van der Waals surface area (Å²) in [5.41, 5.74) is 0.570. The number of amides is 2. The Bertz CT molecular complexity index is 1900. The maximum Gasteiger partial charge on any atom is 0.416 e. The predicted molar refractivity (Wildman–Crippen MR) is 161 cm³/mol. The van der Waals surface area contributed by atoms with E-state index in [2.05, 4.69) is 15.5 Å². The van der Waals surface area contributed by atoms with E-state index in [4.69, 9.17) is 14.8 Å². The lowest BCUT2D eigenvalue weighted by atomic mass is 9.77. The zero-order chi connectivity index (χ0) is 33.1. The van der Waals surface area contributed by atoms with Crippen molar-refractivity contribution >= 4 is 17.8 Å². The molecule has 2 aromatic carbocycles. The molecule has 4 aromatic rings. The number of nitrogens with zero attached hydrogens (tertiary/aromatic N) is 5. The normalized spacial score (nSPS) is 17.0. The number of carbonyl (C=O) groups is 2. The molecule has 2 saturated carbocycles. The Morgan fingerprint density at radius 2 is 1.89 bits per heavy atom. The molecule has 2 aliphatic carbocycles. The molecule has 0 spiro atoms. The topological polar surface area (TPSA) is 122 Å². The number of rotatable bonds is 9. The van der Waals surface area contributed by atoms with Gasteiger partial charge >= 0.3 is 12.3 Å². The highest BCUT2D eigenvalue weighted by molar-refractivity contribution is 6.10. The van der Waals surface area contributed by atoms with Gasteiger partial charge < -0.3 is 19.7 Å². The van der Waals surface area contributed by atoms with Crippen LogP contribution >= 0.6 is 0 Å². The molecule has 47 heavy (non-hydrogen) atoms. The lowest BCUT2D eigenvalue weighted by Crippen LogP contribution is -2.56. The summed E-state index contributed by atoms with van der Waals surface area (Å²) in [4.78, 5) is 31.0. The zero-order valence-corrected chi connectivity index (χ0v) is 25.3. The summed E-state index contributed by atoms with van der Waals surface area (Å²) in [7, 11) is 1.73. The van der Waals surface area contributed by atoms with Gasteiger partial charge in [-0.05, 0) is 90.8 Å². The van der Waals surface area contributed by atoms with E-state index in [-0.39, 0.29) is 48.2 Å². The van der Waals surface area contributed by atoms with Crippen LogP contribution in [0.25, 0.3) is 22.5 Å². The van der Waals surface area contributed by atoms with E-state index in [1.807, 2.05) is 6.07 Å². The molecule has 0 unspecified atom stereocenters. The summed E-state index contributed by atoms with van der Waals surface area (Å²) in [5.74, 6) is -0.362. The molecular formula is C33H30F4N6O4. The number of aromatic nitrogens is 4. The Kier molecular flexibility index (Phi) is 7.49. The molecule has 10 nitrogen and oxygen atoms in total. The number of aryl methyl sites for hydroxylation is 1. The number of carbonyl (C=O) groups excluding carboxylic acids is 1. The number of alkyl halides is 3. The quantitative estimate of drug-likeness (QED) is 0.200. The van der Waals surface area contributed by atoms with Gasteiger partial charge in [0.15, 0.2) is 5.82 Å². The smallest absolute Gasteiger partial charge is 0.416 e. The first-order valence-electron chi connectivity index (χ1n) is 15.2. The number of hydrogen-bond donors (Lipinski definition) is 2. The molecule has 14 heteroatoms. The van der Waals surface area contributed by atoms with Gasteiger partial charge in [-0.3, -0.25) is 9.69 Å². The van der Waals surface area contributed by atoms with Crippen molar-refractivity contribution in [1.29, 1.82) is 0 Å². The molecule has 0 radical (unpaired) electrons. The van der Waals surface area contributed by atoms with Gasteiger partial charge in [-0.15, -0.1) is 10.2 Å². The molecule has 2 N–H and O–H groups in total. The Hall–Kier alpha value is -4.85. The fourth-order valence-electron chi connectivity index (χ4n) is 6.39. The van der Waals surface area contributed by atoms with E-state index >= 15 is 0 Å². The van der Waals surface area contributed by atoms with Crippen LogP contribution in [-0.4, -0.2) is 49.0 Å². The highest BCUT2D eigenvalue weighted by atomic mass is 19.4. The van der Waals surface area contributed by atoms with Gasteiger partial charge in [-0.1, -0.05) is 6.07 Å². The standard InChI is InChI=1S/C33H30F4N6O4/c1-42-17-38-41-29(42)23-13-21(34)5-6-22(23)20-11-27(19-3-4-19)39-28(12-20)43-14-25-24(30(43)44)9-18(10-26(25)33(35,36)37)15-47-16-32(7-2-8-32)40-31(45)46/h5-6,9-13,17,19,40H,2-4,7-8,14-16H2,1H3,(H,45,46). The molecule has 2 amide bonds. The van der Waals surface area contributed by atoms with Gasteiger partial charge in [-0.2, -0.15) is 13.2 Å². The molecule has 1 aliphatic heterocycles. The Balaban J connectivity index is 1.23. The Labute approximate surface area is 266 Å². The SMILES string of the molecule is Cn1cnnc1-c1cc(F)ccc1-c1cc(C2CC2)nc(N2Cc3c(cc(COCC4(NC(=O)O)CCC4)cc3C(F)(F)F)C2=O)c1. The minimum absolute atomic E-state index is 0.00181. The van der Waals surface area contributed by atoms with Gasteiger partial charge in [-0.25, -0.2) is 14.2 Å². The number of benzene rings is 2. The van der Waals surface area contributed by atoms with Crippen LogP contribution in [0.2, 0.25) is 0 Å². The molecule has 3 aliphatic rings. The number of anilines is 1. The molecule has 3 heterocycles. The first-order valence-corrected chi connectivity index (χ1v) is 15.2. The number of ether oxygens (including phenoxy) is 1. The first-order chi connectivity index (χ1) is 22.4. The van der Waals surface area contributed by atoms with Crippen LogP contribution in [0, 0.1) is 5.82 Å². The second kappa shape index (κ2) is 11.4. The fourth-order valence-corrected chi connectivity index (χ4v) is 6.39. The number of halogens is 4. The van der Waals surface area contributed by atoms with Crippen LogP contribution in [0.15, 0.2) is 48.8 Å². The van der Waals surface area contributed by atoms with Crippen molar-refractivity contribution in [1.82, 2.24) is 25.1 Å². The molecule has 7 rings (SSSR count). The van der Waals surface area contributed by atoms with Crippen molar-refractivity contribution in [3.05, 3.63) is 82.6 Å². The fraction of sp³-hybridized carbons (Fsp3) is 0.364. The van der Waals surface area contributed by atoms with E-state index in [9.17, 15) is 27.2 Å². The predicted octanol–water partition coefficient (Wildman–Crippen LogP) is 6.45. The number of carboxylic acid groups (broad SMARTS) is 1. The molecule has 2 aromatic heterocycles. The summed E-state index contributed by atoms with van der Waals surface area (Å²) >= 11 is 0. The summed E-state index contributed by atoms with van der Waals surface area (Å²) < 4.78 is 65.0. The monoisotopic (exact) mass is 650 g/mol. The van der Waals surface area contributed by atoms with Crippen LogP contribution in [-0.2, 0) is 31.1 Å². The summed E-state index contributed by atoms with van der Waals surface area (Å²) in [6, 6.07) is 10.1. The van der Waals surface area contributed by atoms with Crippen LogP contribution in [0.4, 0.5) is 28.2 Å². The first kappa shape index (κ1) is 30.8. The second-order valence-electron chi connectivity index (χ2n) is 12.5. The van der Waals surface area contributed by atoms with Crippen LogP contribution < -0.4 is 10.2 Å². The number of pyridine rings is 1. The van der Waals surface area contributed by atoms with Crippen molar-refractivity contribution in [2.75, 3.05) is 11.5 Å². The van der Waals surface area contributed by atoms with Crippen molar-refractivity contribution in [2.45, 2.75) is 62.9 Å². The highest BCUT2D eigenvalue weighted by Crippen LogP contribution is 2.44. The van der Waals surface area contributed by atoms with E-state index in [0.717, 1.165) is 25.3 Å². The minimum Gasteiger partial charge on any atom is -0.465 e. The van der Waals surface area contributed by atoms with Gasteiger partial charge in [0.2, 0.25) is 0 Å². The third kappa shape index (κ3) is 5.93. The van der Waals surface area contributed by atoms with E-state index < -0.39 is 35.1 Å². The van der Waals surface area contributed by atoms with Crippen LogP contribution in [0.3, 0.4) is 0 Å². The maximum absolute atomic E-state index is 14.5. The molecular weight excluding hydrogens is 620 g/mol. The molecule has 2 fully saturated rings. The third-order valence-corrected chi connectivity index (χ3v) is 9.09. The molecule has 0 bridgehead atoms. The van der Waals surface area contributed by atoms with Gasteiger partial charge in [0, 0.05) is 29.8 Å². The highest BCUT2D eigenvalue weighted by Gasteiger charge is 2.42. The lowest BCUT2D eigenvalue weighted by Gasteiger charge is -2.41. The van der Waals surface area contributed by atoms with Crippen LogP contribution in [0.1, 0.15) is 70.8 Å². The number of hydrogen-bond acceptors (Lipinski definition) is 6. The minimum atomic E-state index is -4.75. The van der Waals surface area contributed by atoms with Gasteiger partial charge in [0.25, 0.3) is 5.91 Å². The maximum atomic E-state index is 14.5. The van der Waals surface area contributed by atoms with E-state index in [0.29, 0.717) is 41.1 Å². The van der Waals surface area contributed by atoms with Crippen LogP contribution in [0.5, 0.6) is 0 Å². The van der Waals surface area contributed by atoms with Gasteiger partial charge in [0.1, 0.15) is 18.0 Å². The Morgan fingerprint density at radius 3 is 2.53 bits per heavy atom. The molecule has 0 saturated heterocycles. The average molecular weight is 651 g/mol. The zero-order valence-electron chi connectivity index (χ0n) is 25.3. The summed E-state index contributed by atoms with van der Waals surface area (Å²) in [5, 5.41) is 19.7. The largest absolute Gasteiger partial charge is 0.465 e. The second-order valence-corrected chi connectivity index (χ2v) is 12.5. The van der Waals surface area contributed by atoms with Crippen molar-refractivity contribution in [3.8, 4) is 22.5 Å². The molecule has 0 atom stereocenters. The average Bonchev–Trinajstić information content (AvgIpc) is 3.69. The summed E-state index contributed by atoms with van der Waals surface area (Å²) in [6.07, 6.45) is -0.732. The summed E-state index contributed by atoms with van der Waals surface area (Å²) in [6.45, 7) is -0.574. The molecule has 244 valence electrons. The van der Waals surface area contributed by atoms with Crippen molar-refractivity contribution in [3.63, 3.8) is 0 Å². The lowest BCUT2D eigenvalue weighted by molar-refractivity contribution is -0.138. The number of fused-ring (bicyclic) bond motifs is 1. The van der Waals surface area contributed by atoms with E-state index in [1.165, 1.54) is 29.4 Å². The van der Waals surface area contributed by atoms with E-state index in [1.54, 1.807) is 23.7 Å². The van der Waals surface area contributed by atoms with Crippen molar-refractivity contribution in [2.24, 2.45) is 7.05 Å². The van der Waals surface area contributed by atoms with Gasteiger partial charge in [0.05, 0.1) is 30.9 Å². The third-order valence-electron chi connectivity index (χ3n) is 9.09. The Morgan fingerprint density at radius 1 is 1.11 bits per heavy atom. The van der Waals surface area contributed by atoms with Crippen molar-refractivity contribution < 1.29 is 37.0 Å². The number of nitrogens with one attached hydrogen (secondary N) is 1.